The second-order valence-corrected chi connectivity index (χ2v) is 15.2. The van der Waals surface area contributed by atoms with Gasteiger partial charge in [-0.2, -0.15) is 0 Å². The minimum atomic E-state index is -0.228. The Bertz CT molecular complexity index is 2340. The van der Waals surface area contributed by atoms with Crippen LogP contribution in [0.15, 0.2) is 154 Å². The maximum absolute atomic E-state index is 14.0. The van der Waals surface area contributed by atoms with E-state index in [9.17, 15) is 9.90 Å². The first-order valence-electron chi connectivity index (χ1n) is 18.9. The predicted molar refractivity (Wildman–Crippen MR) is 237 cm³/mol. The average Bonchev–Trinajstić information content (AvgIpc) is 3.22. The van der Waals surface area contributed by atoms with Crippen molar-refractivity contribution in [1.82, 2.24) is 0 Å². The van der Waals surface area contributed by atoms with Gasteiger partial charge in [0.15, 0.2) is 0 Å². The Morgan fingerprint density at radius 3 is 1.25 bits per heavy atom. The van der Waals surface area contributed by atoms with E-state index in [1.165, 1.54) is 0 Å². The van der Waals surface area contributed by atoms with Crippen molar-refractivity contribution >= 4 is 46.1 Å². The topological polar surface area (TPSA) is 70.8 Å². The molecule has 57 heavy (non-hydrogen) atoms. The molecule has 5 aromatic rings. The van der Waals surface area contributed by atoms with Crippen molar-refractivity contribution in [1.29, 1.82) is 0 Å². The van der Waals surface area contributed by atoms with Crippen molar-refractivity contribution in [3.8, 4) is 22.6 Å². The summed E-state index contributed by atoms with van der Waals surface area (Å²) in [5, 5.41) is 11.6. The van der Waals surface area contributed by atoms with Crippen LogP contribution < -0.4 is 19.6 Å². The third kappa shape index (κ3) is 7.98. The van der Waals surface area contributed by atoms with E-state index in [0.717, 1.165) is 56.1 Å². The van der Waals surface area contributed by atoms with Crippen molar-refractivity contribution in [2.75, 3.05) is 76.0 Å². The van der Waals surface area contributed by atoms with Gasteiger partial charge in [-0.25, -0.2) is 4.42 Å². The number of carbonyl (C=O) groups excluding carboxylic acids is 1. The van der Waals surface area contributed by atoms with Crippen LogP contribution in [0.2, 0.25) is 0 Å². The highest BCUT2D eigenvalue weighted by atomic mass is 16.5. The molecular formula is C49H49N4O4+. The lowest BCUT2D eigenvalue weighted by Gasteiger charge is -2.25. The largest absolute Gasteiger partial charge is 0.506 e. The Labute approximate surface area is 335 Å². The van der Waals surface area contributed by atoms with Crippen LogP contribution in [0.5, 0.6) is 0 Å². The van der Waals surface area contributed by atoms with E-state index in [2.05, 4.69) is 0 Å². The Balaban J connectivity index is 1.30. The number of benzene rings is 4. The number of Topliss-reactive ketones (excluding diaryl/α,β-unsaturated/α-hetero) is 1. The molecule has 0 radical (unpaired) electrons. The van der Waals surface area contributed by atoms with Crippen LogP contribution in [0.4, 0.5) is 22.7 Å². The van der Waals surface area contributed by atoms with Crippen LogP contribution in [0.1, 0.15) is 23.6 Å². The number of hydrogen-bond acceptors (Lipinski definition) is 7. The first kappa shape index (κ1) is 38.5. The lowest BCUT2D eigenvalue weighted by molar-refractivity contribution is -0.113. The predicted octanol–water partition coefficient (Wildman–Crippen LogP) is 10.4. The molecule has 1 aromatic heterocycles. The lowest BCUT2D eigenvalue weighted by Crippen LogP contribution is -2.23. The van der Waals surface area contributed by atoms with Crippen molar-refractivity contribution in [2.24, 2.45) is 0 Å². The van der Waals surface area contributed by atoms with E-state index >= 15 is 0 Å². The minimum absolute atomic E-state index is 0.0402. The Morgan fingerprint density at radius 1 is 0.561 bits per heavy atom. The zero-order valence-corrected chi connectivity index (χ0v) is 34.1. The molecule has 2 heterocycles. The molecule has 7 rings (SSSR count). The van der Waals surface area contributed by atoms with E-state index < -0.39 is 0 Å². The maximum atomic E-state index is 14.0. The summed E-state index contributed by atoms with van der Waals surface area (Å²) in [6.45, 7) is 1.87. The second kappa shape index (κ2) is 15.7. The van der Waals surface area contributed by atoms with Gasteiger partial charge in [0.25, 0.3) is 0 Å². The number of aliphatic hydroxyl groups is 1. The third-order valence-electron chi connectivity index (χ3n) is 10.4. The van der Waals surface area contributed by atoms with Gasteiger partial charge in [0.2, 0.25) is 5.78 Å². The van der Waals surface area contributed by atoms with Crippen LogP contribution in [0.25, 0.3) is 40.2 Å². The lowest BCUT2D eigenvalue weighted by atomic mass is 9.80. The van der Waals surface area contributed by atoms with Gasteiger partial charge in [0.05, 0.1) is 34.4 Å². The molecule has 1 aliphatic carbocycles. The maximum Gasteiger partial charge on any atom is 0.361 e. The molecule has 1 N–H and O–H groups in total. The molecule has 4 aromatic carbocycles. The molecular weight excluding hydrogens is 709 g/mol. The molecule has 288 valence electrons. The highest BCUT2D eigenvalue weighted by molar-refractivity contribution is 6.24. The van der Waals surface area contributed by atoms with E-state index in [0.29, 0.717) is 28.6 Å². The van der Waals surface area contributed by atoms with Gasteiger partial charge in [0.1, 0.15) is 17.3 Å². The van der Waals surface area contributed by atoms with Gasteiger partial charge >= 0.3 is 11.5 Å². The van der Waals surface area contributed by atoms with Crippen molar-refractivity contribution in [2.45, 2.75) is 6.92 Å². The number of rotatable bonds is 10. The fourth-order valence-corrected chi connectivity index (χ4v) is 6.80. The smallest absolute Gasteiger partial charge is 0.361 e. The zero-order valence-electron chi connectivity index (χ0n) is 34.1. The first-order chi connectivity index (χ1) is 27.3. The number of allylic oxidation sites excluding steroid dienone is 6. The van der Waals surface area contributed by atoms with E-state index in [-0.39, 0.29) is 22.7 Å². The Hall–Kier alpha value is -6.80. The van der Waals surface area contributed by atoms with Crippen LogP contribution in [0.3, 0.4) is 0 Å². The summed E-state index contributed by atoms with van der Waals surface area (Å²) in [4.78, 5) is 22.2. The zero-order chi connectivity index (χ0) is 40.5. The number of nitrogens with zero attached hydrogens (tertiary/aromatic N) is 4. The minimum Gasteiger partial charge on any atom is -0.506 e. The Morgan fingerprint density at radius 2 is 0.912 bits per heavy atom. The summed E-state index contributed by atoms with van der Waals surface area (Å²) in [5.74, 6) is 2.32. The normalized spacial score (nSPS) is 14.4. The summed E-state index contributed by atoms with van der Waals surface area (Å²) in [5.41, 5.74) is 10.6. The molecule has 2 aliphatic rings. The standard InChI is InChI=1S/C49H48N4O4/c1-31(37-29-45(35-14-22-40(23-15-35)52(6)7)57-46(30-37)36-16-24-41(25-17-36)53(8)9)47-48(54)42(49(47)55)26-32-27-43(33-10-18-38(19-11-33)50(2)3)56-44(28-32)34-12-20-39(21-13-34)51(4)5/h10-30H,1-9H3/p+1. The number of carbonyl (C=O) groups is 1. The summed E-state index contributed by atoms with van der Waals surface area (Å²) in [7, 11) is 16.0. The van der Waals surface area contributed by atoms with Gasteiger partial charge in [-0.05, 0) is 139 Å². The fourth-order valence-electron chi connectivity index (χ4n) is 6.80. The summed E-state index contributed by atoms with van der Waals surface area (Å²) in [6, 6.07) is 36.4. The van der Waals surface area contributed by atoms with E-state index in [1.54, 1.807) is 6.08 Å². The number of anilines is 4. The second-order valence-electron chi connectivity index (χ2n) is 15.2. The molecule has 8 heteroatoms. The molecule has 0 unspecified atom stereocenters. The highest BCUT2D eigenvalue weighted by Gasteiger charge is 2.36. The fraction of sp³-hybridized carbons (Fsp3) is 0.184. The van der Waals surface area contributed by atoms with Gasteiger partial charge < -0.3 is 29.4 Å². The van der Waals surface area contributed by atoms with Crippen molar-refractivity contribution in [3.05, 3.63) is 166 Å². The van der Waals surface area contributed by atoms with Crippen molar-refractivity contribution < 1.29 is 19.1 Å². The molecule has 0 saturated heterocycles. The van der Waals surface area contributed by atoms with E-state index in [1.807, 2.05) is 204 Å². The Kier molecular flexibility index (Phi) is 10.6. The number of hydrogen-bond donors (Lipinski definition) is 1. The quantitative estimate of drug-likeness (QED) is 0.112. The van der Waals surface area contributed by atoms with E-state index in [4.69, 9.17) is 9.15 Å². The summed E-state index contributed by atoms with van der Waals surface area (Å²) < 4.78 is 13.0. The number of ether oxygens (including phenoxy) is 1. The van der Waals surface area contributed by atoms with Crippen LogP contribution in [0, 0.1) is 0 Å². The molecule has 0 spiro atoms. The van der Waals surface area contributed by atoms with Crippen molar-refractivity contribution in [3.63, 3.8) is 0 Å². The van der Waals surface area contributed by atoms with Gasteiger partial charge in [0, 0.05) is 90.3 Å². The third-order valence-corrected chi connectivity index (χ3v) is 10.4. The van der Waals surface area contributed by atoms with Crippen LogP contribution in [-0.2, 0) is 9.53 Å². The first-order valence-corrected chi connectivity index (χ1v) is 18.9. The van der Waals surface area contributed by atoms with Gasteiger partial charge in [-0.15, -0.1) is 0 Å². The molecule has 8 nitrogen and oxygen atoms in total. The monoisotopic (exact) mass is 757 g/mol. The molecule has 0 fully saturated rings. The SMILES string of the molecule is CC(=C1C=C(c2ccc(N(C)C)cc2)OC(c2ccc(N(C)C)cc2)=C1)C1=C(O)C(=Cc2cc(-c3ccc(N(C)C)cc3)[o+]c(-c3ccc(N(C)C)cc3)c2)C1=O. The number of ketones is 1. The summed E-state index contributed by atoms with van der Waals surface area (Å²) >= 11 is 0. The number of aliphatic hydroxyl groups excluding tert-OH is 1. The molecule has 1 aliphatic heterocycles. The van der Waals surface area contributed by atoms with Gasteiger partial charge in [-0.3, -0.25) is 4.79 Å². The molecule has 0 amide bonds. The van der Waals surface area contributed by atoms with Gasteiger partial charge in [-0.1, -0.05) is 0 Å². The highest BCUT2D eigenvalue weighted by Crippen LogP contribution is 2.41. The molecule has 0 atom stereocenters. The average molecular weight is 758 g/mol. The molecule has 0 saturated carbocycles. The van der Waals surface area contributed by atoms with Crippen LogP contribution >= 0.6 is 0 Å². The van der Waals surface area contributed by atoms with Crippen LogP contribution in [-0.4, -0.2) is 67.3 Å². The summed E-state index contributed by atoms with van der Waals surface area (Å²) in [6.07, 6.45) is 5.62. The molecule has 0 bridgehead atoms.